The van der Waals surface area contributed by atoms with Crippen LogP contribution in [0.4, 0.5) is 5.69 Å². The Morgan fingerprint density at radius 1 is 1.28 bits per heavy atom. The fraction of sp³-hybridized carbons (Fsp3) is 0.600. The normalized spacial score (nSPS) is 11.5. The van der Waals surface area contributed by atoms with Crippen molar-refractivity contribution in [3.8, 4) is 5.75 Å². The number of hydrogen-bond donors (Lipinski definition) is 1. The van der Waals surface area contributed by atoms with Gasteiger partial charge in [0.2, 0.25) is 0 Å². The molecule has 1 aromatic rings. The van der Waals surface area contributed by atoms with Crippen LogP contribution < -0.4 is 15.4 Å². The van der Waals surface area contributed by atoms with Gasteiger partial charge in [-0.25, -0.2) is 0 Å². The SMILES string of the molecule is COc1c(C)cc(C)cc1N(C)CCC(C)(C)N. The smallest absolute Gasteiger partial charge is 0.145 e. The average Bonchev–Trinajstić information content (AvgIpc) is 2.24. The van der Waals surface area contributed by atoms with E-state index in [4.69, 9.17) is 10.5 Å². The second kappa shape index (κ2) is 5.61. The number of ether oxygens (including phenoxy) is 1. The molecule has 3 nitrogen and oxygen atoms in total. The van der Waals surface area contributed by atoms with Gasteiger partial charge >= 0.3 is 0 Å². The van der Waals surface area contributed by atoms with Crippen molar-refractivity contribution in [2.45, 2.75) is 39.7 Å². The summed E-state index contributed by atoms with van der Waals surface area (Å²) in [6.07, 6.45) is 0.944. The first kappa shape index (κ1) is 14.8. The summed E-state index contributed by atoms with van der Waals surface area (Å²) in [5.41, 5.74) is 9.46. The predicted octanol–water partition coefficient (Wildman–Crippen LogP) is 2.88. The van der Waals surface area contributed by atoms with Crippen molar-refractivity contribution in [3.05, 3.63) is 23.3 Å². The Bertz CT molecular complexity index is 408. The van der Waals surface area contributed by atoms with E-state index in [0.717, 1.165) is 24.4 Å². The Morgan fingerprint density at radius 3 is 2.39 bits per heavy atom. The summed E-state index contributed by atoms with van der Waals surface area (Å²) in [4.78, 5) is 2.22. The molecule has 0 radical (unpaired) electrons. The van der Waals surface area contributed by atoms with Gasteiger partial charge in [0.1, 0.15) is 5.75 Å². The highest BCUT2D eigenvalue weighted by Gasteiger charge is 2.15. The van der Waals surface area contributed by atoms with E-state index in [2.05, 4.69) is 51.8 Å². The highest BCUT2D eigenvalue weighted by atomic mass is 16.5. The van der Waals surface area contributed by atoms with Crippen LogP contribution >= 0.6 is 0 Å². The fourth-order valence-electron chi connectivity index (χ4n) is 2.06. The van der Waals surface area contributed by atoms with E-state index in [9.17, 15) is 0 Å². The van der Waals surface area contributed by atoms with Crippen LogP contribution in [0.2, 0.25) is 0 Å². The molecule has 0 spiro atoms. The van der Waals surface area contributed by atoms with Crippen LogP contribution in [0.1, 0.15) is 31.4 Å². The predicted molar refractivity (Wildman–Crippen MR) is 78.6 cm³/mol. The maximum atomic E-state index is 6.03. The molecule has 1 aromatic carbocycles. The van der Waals surface area contributed by atoms with Gasteiger partial charge in [0.25, 0.3) is 0 Å². The Kier molecular flexibility index (Phi) is 4.63. The number of anilines is 1. The Hall–Kier alpha value is -1.22. The van der Waals surface area contributed by atoms with Crippen LogP contribution in [0.3, 0.4) is 0 Å². The molecule has 0 bridgehead atoms. The molecule has 0 saturated carbocycles. The van der Waals surface area contributed by atoms with E-state index in [1.165, 1.54) is 11.1 Å². The highest BCUT2D eigenvalue weighted by molar-refractivity contribution is 5.63. The van der Waals surface area contributed by atoms with Gasteiger partial charge in [-0.2, -0.15) is 0 Å². The third-order valence-electron chi connectivity index (χ3n) is 3.11. The average molecular weight is 250 g/mol. The van der Waals surface area contributed by atoms with Gasteiger partial charge in [0.15, 0.2) is 0 Å². The van der Waals surface area contributed by atoms with E-state index >= 15 is 0 Å². The number of nitrogens with zero attached hydrogens (tertiary/aromatic N) is 1. The zero-order valence-electron chi connectivity index (χ0n) is 12.5. The number of aryl methyl sites for hydroxylation is 2. The number of methoxy groups -OCH3 is 1. The summed E-state index contributed by atoms with van der Waals surface area (Å²) in [7, 11) is 3.81. The maximum absolute atomic E-state index is 6.03. The molecule has 0 fully saturated rings. The molecule has 0 aromatic heterocycles. The highest BCUT2D eigenvalue weighted by Crippen LogP contribution is 2.32. The molecule has 0 aliphatic heterocycles. The molecule has 0 unspecified atom stereocenters. The topological polar surface area (TPSA) is 38.5 Å². The standard InChI is InChI=1S/C15H26N2O/c1-11-9-12(2)14(18-6)13(10-11)17(5)8-7-15(3,4)16/h9-10H,7-8,16H2,1-6H3. The van der Waals surface area contributed by atoms with Crippen molar-refractivity contribution in [1.29, 1.82) is 0 Å². The van der Waals surface area contributed by atoms with Crippen molar-refractivity contribution in [2.24, 2.45) is 5.73 Å². The molecular formula is C15H26N2O. The lowest BCUT2D eigenvalue weighted by molar-refractivity contribution is 0.410. The molecule has 3 heteroatoms. The quantitative estimate of drug-likeness (QED) is 0.873. The molecular weight excluding hydrogens is 224 g/mol. The third kappa shape index (κ3) is 3.91. The lowest BCUT2D eigenvalue weighted by Crippen LogP contribution is -2.36. The molecule has 102 valence electrons. The lowest BCUT2D eigenvalue weighted by Gasteiger charge is -2.27. The zero-order chi connectivity index (χ0) is 13.9. The van der Waals surface area contributed by atoms with Crippen molar-refractivity contribution in [2.75, 3.05) is 25.6 Å². The lowest BCUT2D eigenvalue weighted by atomic mass is 10.0. The van der Waals surface area contributed by atoms with Crippen LogP contribution in [0.15, 0.2) is 12.1 Å². The van der Waals surface area contributed by atoms with E-state index < -0.39 is 0 Å². The van der Waals surface area contributed by atoms with E-state index in [-0.39, 0.29) is 5.54 Å². The van der Waals surface area contributed by atoms with E-state index in [1.807, 2.05) is 0 Å². The molecule has 18 heavy (non-hydrogen) atoms. The molecule has 0 aliphatic rings. The van der Waals surface area contributed by atoms with E-state index in [1.54, 1.807) is 7.11 Å². The van der Waals surface area contributed by atoms with Crippen LogP contribution in [-0.4, -0.2) is 26.2 Å². The second-order valence-corrected chi connectivity index (χ2v) is 5.79. The van der Waals surface area contributed by atoms with Gasteiger partial charge in [-0.05, 0) is 51.3 Å². The van der Waals surface area contributed by atoms with Crippen molar-refractivity contribution >= 4 is 5.69 Å². The first-order valence-corrected chi connectivity index (χ1v) is 6.40. The molecule has 0 aliphatic carbocycles. The van der Waals surface area contributed by atoms with Crippen molar-refractivity contribution in [1.82, 2.24) is 0 Å². The summed E-state index contributed by atoms with van der Waals surface area (Å²) < 4.78 is 5.51. The minimum atomic E-state index is -0.139. The van der Waals surface area contributed by atoms with Crippen LogP contribution in [0.5, 0.6) is 5.75 Å². The van der Waals surface area contributed by atoms with Gasteiger partial charge in [-0.3, -0.25) is 0 Å². The molecule has 0 heterocycles. The first-order chi connectivity index (χ1) is 8.24. The summed E-state index contributed by atoms with van der Waals surface area (Å²) in [5.74, 6) is 0.956. The molecule has 0 amide bonds. The minimum Gasteiger partial charge on any atom is -0.494 e. The van der Waals surface area contributed by atoms with Crippen molar-refractivity contribution < 1.29 is 4.74 Å². The number of benzene rings is 1. The van der Waals surface area contributed by atoms with Gasteiger partial charge < -0.3 is 15.4 Å². The van der Waals surface area contributed by atoms with Crippen LogP contribution in [-0.2, 0) is 0 Å². The molecule has 1 rings (SSSR count). The minimum absolute atomic E-state index is 0.139. The Labute approximate surface area is 111 Å². The second-order valence-electron chi connectivity index (χ2n) is 5.79. The van der Waals surface area contributed by atoms with Gasteiger partial charge in [0.05, 0.1) is 12.8 Å². The van der Waals surface area contributed by atoms with Crippen LogP contribution in [0, 0.1) is 13.8 Å². The largest absolute Gasteiger partial charge is 0.494 e. The number of hydrogen-bond acceptors (Lipinski definition) is 3. The summed E-state index contributed by atoms with van der Waals surface area (Å²) in [6.45, 7) is 9.22. The van der Waals surface area contributed by atoms with Gasteiger partial charge in [-0.15, -0.1) is 0 Å². The zero-order valence-corrected chi connectivity index (χ0v) is 12.5. The number of nitrogens with two attached hydrogens (primary N) is 1. The van der Waals surface area contributed by atoms with Gasteiger partial charge in [0, 0.05) is 19.1 Å². The maximum Gasteiger partial charge on any atom is 0.145 e. The summed E-state index contributed by atoms with van der Waals surface area (Å²) >= 11 is 0. The summed E-state index contributed by atoms with van der Waals surface area (Å²) in [6, 6.07) is 4.30. The Morgan fingerprint density at radius 2 is 1.89 bits per heavy atom. The Balaban J connectivity index is 2.94. The molecule has 0 atom stereocenters. The molecule has 2 N–H and O–H groups in total. The first-order valence-electron chi connectivity index (χ1n) is 6.40. The third-order valence-corrected chi connectivity index (χ3v) is 3.11. The fourth-order valence-corrected chi connectivity index (χ4v) is 2.06. The monoisotopic (exact) mass is 250 g/mol. The van der Waals surface area contributed by atoms with Gasteiger partial charge in [-0.1, -0.05) is 6.07 Å². The van der Waals surface area contributed by atoms with Crippen molar-refractivity contribution in [3.63, 3.8) is 0 Å². The summed E-state index contributed by atoms with van der Waals surface area (Å²) in [5, 5.41) is 0. The molecule has 0 saturated heterocycles. The van der Waals surface area contributed by atoms with Crippen LogP contribution in [0.25, 0.3) is 0 Å². The van der Waals surface area contributed by atoms with E-state index in [0.29, 0.717) is 0 Å². The number of rotatable bonds is 5.